The second-order valence-electron chi connectivity index (χ2n) is 9.88. The van der Waals surface area contributed by atoms with Crippen LogP contribution in [0.25, 0.3) is 0 Å². The topological polar surface area (TPSA) is 86.8 Å². The number of rotatable bonds is 12. The van der Waals surface area contributed by atoms with E-state index < -0.39 is 51.2 Å². The highest BCUT2D eigenvalue weighted by Gasteiger charge is 2.36. The molecule has 3 aromatic carbocycles. The zero-order valence-corrected chi connectivity index (χ0v) is 25.1. The molecule has 0 bridgehead atoms. The molecule has 1 N–H and O–H groups in total. The Hall–Kier alpha value is -3.57. The number of benzene rings is 3. The number of halogens is 4. The number of carbonyl (C=O) groups is 2. The molecule has 1 atom stereocenters. The molecule has 42 heavy (non-hydrogen) atoms. The van der Waals surface area contributed by atoms with Gasteiger partial charge in [0, 0.05) is 19.5 Å². The van der Waals surface area contributed by atoms with Crippen LogP contribution in [-0.4, -0.2) is 50.5 Å². The van der Waals surface area contributed by atoms with Crippen LogP contribution in [0.4, 0.5) is 18.9 Å². The Morgan fingerprint density at radius 3 is 2.24 bits per heavy atom. The quantitative estimate of drug-likeness (QED) is 0.285. The van der Waals surface area contributed by atoms with Gasteiger partial charge in [-0.05, 0) is 48.2 Å². The summed E-state index contributed by atoms with van der Waals surface area (Å²) in [6.07, 6.45) is -3.28. The van der Waals surface area contributed by atoms with Gasteiger partial charge in [0.15, 0.2) is 0 Å². The zero-order chi connectivity index (χ0) is 31.1. The molecule has 7 nitrogen and oxygen atoms in total. The number of aryl methyl sites for hydroxylation is 1. The van der Waals surface area contributed by atoms with Crippen LogP contribution in [0.1, 0.15) is 35.6 Å². The van der Waals surface area contributed by atoms with Crippen LogP contribution in [-0.2, 0) is 38.8 Å². The molecule has 3 aromatic rings. The summed E-state index contributed by atoms with van der Waals surface area (Å²) < 4.78 is 67.1. The van der Waals surface area contributed by atoms with Crippen molar-refractivity contribution in [3.05, 3.63) is 100 Å². The maximum Gasteiger partial charge on any atom is 0.417 e. The fraction of sp³-hybridized carbons (Fsp3) is 0.333. The second kappa shape index (κ2) is 14.1. The third kappa shape index (κ3) is 8.72. The van der Waals surface area contributed by atoms with Crippen molar-refractivity contribution in [2.75, 3.05) is 23.7 Å². The van der Waals surface area contributed by atoms with Crippen molar-refractivity contribution in [3.63, 3.8) is 0 Å². The molecule has 226 valence electrons. The van der Waals surface area contributed by atoms with Gasteiger partial charge in [-0.2, -0.15) is 13.2 Å². The Labute approximate surface area is 249 Å². The number of hydrogen-bond donors (Lipinski definition) is 1. The van der Waals surface area contributed by atoms with Crippen molar-refractivity contribution in [2.45, 2.75) is 45.5 Å². The summed E-state index contributed by atoms with van der Waals surface area (Å²) in [6, 6.07) is 17.9. The second-order valence-corrected chi connectivity index (χ2v) is 12.2. The summed E-state index contributed by atoms with van der Waals surface area (Å²) in [6.45, 7) is 3.21. The summed E-state index contributed by atoms with van der Waals surface area (Å²) in [5.41, 5.74) is 0.720. The lowest BCUT2D eigenvalue weighted by Gasteiger charge is -2.34. The summed E-state index contributed by atoms with van der Waals surface area (Å²) in [5, 5.41) is 2.22. The van der Waals surface area contributed by atoms with E-state index in [4.69, 9.17) is 11.6 Å². The molecule has 0 fully saturated rings. The van der Waals surface area contributed by atoms with E-state index in [0.29, 0.717) is 23.3 Å². The van der Waals surface area contributed by atoms with E-state index in [1.54, 1.807) is 24.3 Å². The van der Waals surface area contributed by atoms with Gasteiger partial charge in [-0.25, -0.2) is 8.42 Å². The SMILES string of the molecule is CCCNC(=O)[C@H](Cc1ccccc1)N(Cc1ccccc1C)C(=O)CN(c1ccc(Cl)c(C(F)(F)F)c1)S(C)(=O)=O. The Morgan fingerprint density at radius 1 is 1.00 bits per heavy atom. The van der Waals surface area contributed by atoms with Crippen LogP contribution < -0.4 is 9.62 Å². The van der Waals surface area contributed by atoms with Gasteiger partial charge in [-0.15, -0.1) is 0 Å². The maximum atomic E-state index is 14.0. The molecular formula is C30H33ClF3N3O4S. The van der Waals surface area contributed by atoms with Gasteiger partial charge in [0.1, 0.15) is 12.6 Å². The zero-order valence-electron chi connectivity index (χ0n) is 23.5. The number of carbonyl (C=O) groups excluding carboxylic acids is 2. The predicted octanol–water partition coefficient (Wildman–Crippen LogP) is 5.60. The molecular weight excluding hydrogens is 591 g/mol. The molecule has 0 saturated carbocycles. The highest BCUT2D eigenvalue weighted by Crippen LogP contribution is 2.37. The summed E-state index contributed by atoms with van der Waals surface area (Å²) in [4.78, 5) is 28.8. The molecule has 3 rings (SSSR count). The molecule has 0 aliphatic heterocycles. The third-order valence-electron chi connectivity index (χ3n) is 6.64. The number of hydrogen-bond acceptors (Lipinski definition) is 4. The minimum atomic E-state index is -4.85. The Kier molecular flexibility index (Phi) is 11.0. The largest absolute Gasteiger partial charge is 0.417 e. The molecule has 0 aliphatic carbocycles. The standard InChI is InChI=1S/C30H33ClF3N3O4S/c1-4-16-35-29(39)27(17-22-11-6-5-7-12-22)36(19-23-13-9-8-10-21(23)2)28(38)20-37(42(3,40)41)24-14-15-26(31)25(18-24)30(32,33)34/h5-15,18,27H,4,16-17,19-20H2,1-3H3,(H,35,39)/t27-/m0/s1. The Bertz CT molecular complexity index is 1500. The van der Waals surface area contributed by atoms with Crippen LogP contribution in [0.15, 0.2) is 72.8 Å². The van der Waals surface area contributed by atoms with E-state index in [2.05, 4.69) is 5.32 Å². The highest BCUT2D eigenvalue weighted by atomic mass is 35.5. The van der Waals surface area contributed by atoms with Crippen LogP contribution in [0.3, 0.4) is 0 Å². The van der Waals surface area contributed by atoms with Crippen molar-refractivity contribution in [1.82, 2.24) is 10.2 Å². The van der Waals surface area contributed by atoms with E-state index in [-0.39, 0.29) is 18.7 Å². The first-order valence-electron chi connectivity index (χ1n) is 13.2. The molecule has 12 heteroatoms. The normalized spacial score (nSPS) is 12.5. The number of amides is 2. The molecule has 0 aliphatic rings. The number of anilines is 1. The van der Waals surface area contributed by atoms with E-state index >= 15 is 0 Å². The fourth-order valence-electron chi connectivity index (χ4n) is 4.39. The summed E-state index contributed by atoms with van der Waals surface area (Å²) >= 11 is 5.75. The third-order valence-corrected chi connectivity index (χ3v) is 8.11. The number of alkyl halides is 3. The van der Waals surface area contributed by atoms with Gasteiger partial charge in [0.05, 0.1) is 22.5 Å². The van der Waals surface area contributed by atoms with Crippen molar-refractivity contribution < 1.29 is 31.2 Å². The minimum absolute atomic E-state index is 0.0332. The van der Waals surface area contributed by atoms with Crippen LogP contribution in [0, 0.1) is 6.92 Å². The molecule has 0 spiro atoms. The first-order chi connectivity index (χ1) is 19.7. The van der Waals surface area contributed by atoms with Crippen molar-refractivity contribution in [1.29, 1.82) is 0 Å². The number of nitrogens with zero attached hydrogens (tertiary/aromatic N) is 2. The van der Waals surface area contributed by atoms with E-state index in [1.807, 2.05) is 44.2 Å². The monoisotopic (exact) mass is 623 g/mol. The number of nitrogens with one attached hydrogen (secondary N) is 1. The van der Waals surface area contributed by atoms with Crippen LogP contribution >= 0.6 is 11.6 Å². The van der Waals surface area contributed by atoms with Gasteiger partial charge in [-0.3, -0.25) is 13.9 Å². The van der Waals surface area contributed by atoms with Gasteiger partial charge >= 0.3 is 6.18 Å². The van der Waals surface area contributed by atoms with Crippen molar-refractivity contribution >= 4 is 39.1 Å². The Balaban J connectivity index is 2.10. The highest BCUT2D eigenvalue weighted by molar-refractivity contribution is 7.92. The first kappa shape index (κ1) is 32.9. The van der Waals surface area contributed by atoms with Gasteiger partial charge in [-0.1, -0.05) is 73.1 Å². The first-order valence-corrected chi connectivity index (χ1v) is 15.4. The number of sulfonamides is 1. The average molecular weight is 624 g/mol. The average Bonchev–Trinajstić information content (AvgIpc) is 2.93. The van der Waals surface area contributed by atoms with Crippen LogP contribution in [0.5, 0.6) is 0 Å². The molecule has 0 saturated heterocycles. The summed E-state index contributed by atoms with van der Waals surface area (Å²) in [5.74, 6) is -1.20. The van der Waals surface area contributed by atoms with Gasteiger partial charge in [0.25, 0.3) is 0 Å². The lowest BCUT2D eigenvalue weighted by atomic mass is 10.0. The van der Waals surface area contributed by atoms with Crippen molar-refractivity contribution in [2.24, 2.45) is 0 Å². The van der Waals surface area contributed by atoms with Crippen molar-refractivity contribution in [3.8, 4) is 0 Å². The lowest BCUT2D eigenvalue weighted by molar-refractivity contribution is -0.140. The predicted molar refractivity (Wildman–Crippen MR) is 158 cm³/mol. The molecule has 0 unspecified atom stereocenters. The smallest absolute Gasteiger partial charge is 0.354 e. The fourth-order valence-corrected chi connectivity index (χ4v) is 5.46. The lowest BCUT2D eigenvalue weighted by Crippen LogP contribution is -2.53. The van der Waals surface area contributed by atoms with E-state index in [9.17, 15) is 31.2 Å². The Morgan fingerprint density at radius 2 is 1.64 bits per heavy atom. The molecule has 2 amide bonds. The van der Waals surface area contributed by atoms with Crippen LogP contribution in [0.2, 0.25) is 5.02 Å². The summed E-state index contributed by atoms with van der Waals surface area (Å²) in [7, 11) is -4.25. The molecule has 0 heterocycles. The molecule has 0 radical (unpaired) electrons. The molecule has 0 aromatic heterocycles. The van der Waals surface area contributed by atoms with Gasteiger partial charge < -0.3 is 10.2 Å². The van der Waals surface area contributed by atoms with Gasteiger partial charge in [0.2, 0.25) is 21.8 Å². The van der Waals surface area contributed by atoms with E-state index in [0.717, 1.165) is 35.1 Å². The maximum absolute atomic E-state index is 14.0. The minimum Gasteiger partial charge on any atom is -0.354 e. The van der Waals surface area contributed by atoms with E-state index in [1.165, 1.54) is 4.90 Å².